The normalized spacial score (nSPS) is 12.7. The highest BCUT2D eigenvalue weighted by molar-refractivity contribution is 7.89. The third-order valence-corrected chi connectivity index (χ3v) is 5.29. The van der Waals surface area contributed by atoms with Crippen molar-refractivity contribution < 1.29 is 17.9 Å². The predicted molar refractivity (Wildman–Crippen MR) is 94.4 cm³/mol. The Kier molecular flexibility index (Phi) is 6.10. The molecule has 0 radical (unpaired) electrons. The Morgan fingerprint density at radius 1 is 1.17 bits per heavy atom. The van der Waals surface area contributed by atoms with Crippen molar-refractivity contribution in [1.29, 1.82) is 0 Å². The molecular formula is C17H20ClNO4S. The minimum atomic E-state index is -3.70. The van der Waals surface area contributed by atoms with E-state index in [1.165, 1.54) is 25.3 Å². The van der Waals surface area contributed by atoms with Gasteiger partial charge in [-0.25, -0.2) is 13.1 Å². The third-order valence-electron chi connectivity index (χ3n) is 3.46. The van der Waals surface area contributed by atoms with Crippen molar-refractivity contribution in [2.75, 3.05) is 13.7 Å². The van der Waals surface area contributed by atoms with Crippen LogP contribution in [0.5, 0.6) is 11.5 Å². The van der Waals surface area contributed by atoms with Crippen molar-refractivity contribution in [2.45, 2.75) is 24.8 Å². The molecule has 0 aromatic heterocycles. The Morgan fingerprint density at radius 3 is 2.38 bits per heavy atom. The smallest absolute Gasteiger partial charge is 0.241 e. The van der Waals surface area contributed by atoms with E-state index in [-0.39, 0.29) is 9.92 Å². The first-order chi connectivity index (χ1) is 11.4. The second kappa shape index (κ2) is 7.88. The van der Waals surface area contributed by atoms with E-state index in [1.807, 2.05) is 31.2 Å². The number of halogens is 1. The molecule has 0 aliphatic rings. The van der Waals surface area contributed by atoms with E-state index < -0.39 is 16.1 Å². The third kappa shape index (κ3) is 4.41. The monoisotopic (exact) mass is 369 g/mol. The molecule has 0 spiro atoms. The number of hydrogen-bond acceptors (Lipinski definition) is 4. The van der Waals surface area contributed by atoms with Gasteiger partial charge in [-0.3, -0.25) is 0 Å². The van der Waals surface area contributed by atoms with Gasteiger partial charge in [0, 0.05) is 6.04 Å². The summed E-state index contributed by atoms with van der Waals surface area (Å²) >= 11 is 6.01. The zero-order valence-corrected chi connectivity index (χ0v) is 15.3. The van der Waals surface area contributed by atoms with E-state index in [4.69, 9.17) is 21.1 Å². The van der Waals surface area contributed by atoms with Crippen LogP contribution in [0.15, 0.2) is 47.4 Å². The van der Waals surface area contributed by atoms with Gasteiger partial charge in [-0.2, -0.15) is 0 Å². The van der Waals surface area contributed by atoms with E-state index in [9.17, 15) is 8.42 Å². The summed E-state index contributed by atoms with van der Waals surface area (Å²) in [6, 6.07) is 11.2. The lowest BCUT2D eigenvalue weighted by Gasteiger charge is -2.16. The van der Waals surface area contributed by atoms with Gasteiger partial charge in [0.2, 0.25) is 10.0 Å². The molecule has 0 saturated heterocycles. The van der Waals surface area contributed by atoms with E-state index >= 15 is 0 Å². The highest BCUT2D eigenvalue weighted by Crippen LogP contribution is 2.27. The van der Waals surface area contributed by atoms with Crippen molar-refractivity contribution in [1.82, 2.24) is 4.72 Å². The van der Waals surface area contributed by atoms with Crippen LogP contribution in [0.3, 0.4) is 0 Å². The molecule has 0 aliphatic carbocycles. The molecule has 0 fully saturated rings. The molecule has 5 nitrogen and oxygen atoms in total. The zero-order valence-electron chi connectivity index (χ0n) is 13.7. The number of benzene rings is 2. The topological polar surface area (TPSA) is 64.6 Å². The lowest BCUT2D eigenvalue weighted by molar-refractivity contribution is 0.340. The molecule has 0 bridgehead atoms. The first kappa shape index (κ1) is 18.6. The second-order valence-electron chi connectivity index (χ2n) is 5.14. The maximum Gasteiger partial charge on any atom is 0.241 e. The van der Waals surface area contributed by atoms with Gasteiger partial charge in [-0.1, -0.05) is 23.7 Å². The summed E-state index contributed by atoms with van der Waals surface area (Å²) in [5, 5.41) is 0.245. The van der Waals surface area contributed by atoms with Crippen LogP contribution in [-0.2, 0) is 10.0 Å². The Labute approximate surface area is 147 Å². The van der Waals surface area contributed by atoms with Gasteiger partial charge in [-0.05, 0) is 49.7 Å². The summed E-state index contributed by atoms with van der Waals surface area (Å²) in [4.78, 5) is 0.0890. The summed E-state index contributed by atoms with van der Waals surface area (Å²) < 4.78 is 38.1. The van der Waals surface area contributed by atoms with Gasteiger partial charge in [0.25, 0.3) is 0 Å². The van der Waals surface area contributed by atoms with Crippen molar-refractivity contribution in [3.8, 4) is 11.5 Å². The molecule has 0 aliphatic heterocycles. The van der Waals surface area contributed by atoms with Crippen LogP contribution in [0.25, 0.3) is 0 Å². The average Bonchev–Trinajstić information content (AvgIpc) is 2.55. The summed E-state index contributed by atoms with van der Waals surface area (Å²) in [6.45, 7) is 4.27. The fourth-order valence-electron chi connectivity index (χ4n) is 2.20. The lowest BCUT2D eigenvalue weighted by atomic mass is 10.1. The van der Waals surface area contributed by atoms with Crippen LogP contribution in [-0.4, -0.2) is 22.1 Å². The summed E-state index contributed by atoms with van der Waals surface area (Å²) in [5.41, 5.74) is 0.835. The lowest BCUT2D eigenvalue weighted by Crippen LogP contribution is -2.26. The second-order valence-corrected chi connectivity index (χ2v) is 7.26. The molecule has 0 amide bonds. The van der Waals surface area contributed by atoms with Crippen LogP contribution in [0, 0.1) is 0 Å². The molecule has 1 N–H and O–H groups in total. The number of methoxy groups -OCH3 is 1. The minimum absolute atomic E-state index is 0.0890. The molecule has 130 valence electrons. The summed E-state index contributed by atoms with van der Waals surface area (Å²) in [7, 11) is -2.22. The number of sulfonamides is 1. The first-order valence-electron chi connectivity index (χ1n) is 7.46. The molecule has 7 heteroatoms. The van der Waals surface area contributed by atoms with Crippen LogP contribution in [0.2, 0.25) is 5.02 Å². The van der Waals surface area contributed by atoms with E-state index in [0.717, 1.165) is 11.3 Å². The standard InChI is InChI=1S/C17H20ClNO4S/c1-4-23-14-7-5-13(6-8-14)12(2)19-24(20,21)15-9-10-17(22-3)16(18)11-15/h5-12,19H,4H2,1-3H3/t12-/m1/s1. The largest absolute Gasteiger partial charge is 0.495 e. The van der Waals surface area contributed by atoms with Crippen LogP contribution in [0.4, 0.5) is 0 Å². The maximum atomic E-state index is 12.5. The molecule has 2 aromatic carbocycles. The molecule has 2 aromatic rings. The first-order valence-corrected chi connectivity index (χ1v) is 9.32. The SMILES string of the molecule is CCOc1ccc([C@@H](C)NS(=O)(=O)c2ccc(OC)c(Cl)c2)cc1. The van der Waals surface area contributed by atoms with Crippen molar-refractivity contribution in [3.05, 3.63) is 53.1 Å². The number of nitrogens with one attached hydrogen (secondary N) is 1. The van der Waals surface area contributed by atoms with E-state index in [1.54, 1.807) is 6.92 Å². The highest BCUT2D eigenvalue weighted by Gasteiger charge is 2.19. The predicted octanol–water partition coefficient (Wildman–Crippen LogP) is 3.79. The Bertz CT molecular complexity index is 791. The van der Waals surface area contributed by atoms with Gasteiger partial charge in [0.05, 0.1) is 23.6 Å². The van der Waals surface area contributed by atoms with Gasteiger partial charge in [-0.15, -0.1) is 0 Å². The number of rotatable bonds is 7. The molecule has 1 atom stereocenters. The van der Waals surface area contributed by atoms with Gasteiger partial charge >= 0.3 is 0 Å². The molecule has 24 heavy (non-hydrogen) atoms. The van der Waals surface area contributed by atoms with Crippen LogP contribution < -0.4 is 14.2 Å². The fraction of sp³-hybridized carbons (Fsp3) is 0.294. The van der Waals surface area contributed by atoms with Crippen molar-refractivity contribution in [2.24, 2.45) is 0 Å². The Balaban J connectivity index is 2.17. The quantitative estimate of drug-likeness (QED) is 0.806. The van der Waals surface area contributed by atoms with Crippen molar-refractivity contribution in [3.63, 3.8) is 0 Å². The van der Waals surface area contributed by atoms with Gasteiger partial charge in [0.15, 0.2) is 0 Å². The summed E-state index contributed by atoms with van der Waals surface area (Å²) in [5.74, 6) is 1.17. The zero-order chi connectivity index (χ0) is 17.7. The summed E-state index contributed by atoms with van der Waals surface area (Å²) in [6.07, 6.45) is 0. The van der Waals surface area contributed by atoms with E-state index in [2.05, 4.69) is 4.72 Å². The molecule has 0 saturated carbocycles. The van der Waals surface area contributed by atoms with Crippen molar-refractivity contribution >= 4 is 21.6 Å². The molecular weight excluding hydrogens is 350 g/mol. The maximum absolute atomic E-state index is 12.5. The fourth-order valence-corrected chi connectivity index (χ4v) is 3.78. The van der Waals surface area contributed by atoms with Crippen LogP contribution in [0.1, 0.15) is 25.5 Å². The molecule has 2 rings (SSSR count). The van der Waals surface area contributed by atoms with Gasteiger partial charge in [0.1, 0.15) is 11.5 Å². The minimum Gasteiger partial charge on any atom is -0.495 e. The van der Waals surface area contributed by atoms with E-state index in [0.29, 0.717) is 12.4 Å². The van der Waals surface area contributed by atoms with Crippen LogP contribution >= 0.6 is 11.6 Å². The Morgan fingerprint density at radius 2 is 1.83 bits per heavy atom. The highest BCUT2D eigenvalue weighted by atomic mass is 35.5. The molecule has 0 unspecified atom stereocenters. The number of ether oxygens (including phenoxy) is 2. The number of hydrogen-bond donors (Lipinski definition) is 1. The van der Waals surface area contributed by atoms with Gasteiger partial charge < -0.3 is 9.47 Å². The molecule has 0 heterocycles. The Hall–Kier alpha value is -1.76. The average molecular weight is 370 g/mol.